The zero-order valence-electron chi connectivity index (χ0n) is 10.8. The van der Waals surface area contributed by atoms with Crippen molar-refractivity contribution in [3.8, 4) is 0 Å². The Bertz CT molecular complexity index is 562. The molecule has 0 saturated carbocycles. The summed E-state index contributed by atoms with van der Waals surface area (Å²) in [7, 11) is 1.58. The molecule has 1 fully saturated rings. The first kappa shape index (κ1) is 14.8. The first-order valence-electron chi connectivity index (χ1n) is 6.35. The highest BCUT2D eigenvalue weighted by atomic mass is 35.7. The monoisotopic (exact) mass is 305 g/mol. The smallest absolute Gasteiger partial charge is 0.261 e. The summed E-state index contributed by atoms with van der Waals surface area (Å²) < 4.78 is 36.3. The third-order valence-corrected chi connectivity index (χ3v) is 5.03. The molecule has 3 nitrogen and oxygen atoms in total. The van der Waals surface area contributed by atoms with Gasteiger partial charge in [0.05, 0.1) is 4.90 Å². The standard InChI is InChI=1S/C13H17ClFNO2S/c1-2-16-6-5-10(9-16)7-11-8-12(15)3-4-13(11)19(14,17)18/h3-4,8,10H,2,5-7,9H2,1H3/t10-/m0/s1. The molecule has 0 bridgehead atoms. The fourth-order valence-corrected chi connectivity index (χ4v) is 3.76. The van der Waals surface area contributed by atoms with Crippen LogP contribution < -0.4 is 0 Å². The molecular formula is C13H17ClFNO2S. The van der Waals surface area contributed by atoms with Gasteiger partial charge in [-0.1, -0.05) is 6.92 Å². The van der Waals surface area contributed by atoms with Gasteiger partial charge >= 0.3 is 0 Å². The van der Waals surface area contributed by atoms with Crippen LogP contribution in [-0.2, 0) is 15.5 Å². The molecule has 1 saturated heterocycles. The summed E-state index contributed by atoms with van der Waals surface area (Å²) in [5.41, 5.74) is 0.484. The predicted octanol–water partition coefficient (Wildman–Crippen LogP) is 2.64. The second-order valence-corrected chi connectivity index (χ2v) is 7.48. The van der Waals surface area contributed by atoms with Crippen LogP contribution in [0.4, 0.5) is 4.39 Å². The number of halogens is 2. The molecule has 0 amide bonds. The van der Waals surface area contributed by atoms with Gasteiger partial charge in [0, 0.05) is 17.2 Å². The van der Waals surface area contributed by atoms with Crippen LogP contribution in [0.3, 0.4) is 0 Å². The van der Waals surface area contributed by atoms with Gasteiger partial charge in [0.2, 0.25) is 0 Å². The lowest BCUT2D eigenvalue weighted by Gasteiger charge is -2.14. The van der Waals surface area contributed by atoms with E-state index in [4.69, 9.17) is 10.7 Å². The highest BCUT2D eigenvalue weighted by Crippen LogP contribution is 2.27. The van der Waals surface area contributed by atoms with Gasteiger partial charge in [0.25, 0.3) is 9.05 Å². The average molecular weight is 306 g/mol. The SMILES string of the molecule is CCN1CC[C@@H](Cc2cc(F)ccc2S(=O)(=O)Cl)C1. The van der Waals surface area contributed by atoms with E-state index in [2.05, 4.69) is 11.8 Å². The van der Waals surface area contributed by atoms with Crippen LogP contribution in [-0.4, -0.2) is 33.0 Å². The first-order valence-corrected chi connectivity index (χ1v) is 8.66. The van der Waals surface area contributed by atoms with E-state index in [9.17, 15) is 12.8 Å². The summed E-state index contributed by atoms with van der Waals surface area (Å²) in [5, 5.41) is 0. The lowest BCUT2D eigenvalue weighted by atomic mass is 9.98. The minimum absolute atomic E-state index is 0.0329. The molecule has 1 aromatic carbocycles. The maximum atomic E-state index is 13.3. The number of rotatable bonds is 4. The highest BCUT2D eigenvalue weighted by Gasteiger charge is 2.24. The fraction of sp³-hybridized carbons (Fsp3) is 0.538. The molecule has 19 heavy (non-hydrogen) atoms. The molecule has 106 valence electrons. The zero-order valence-corrected chi connectivity index (χ0v) is 12.3. The molecular weight excluding hydrogens is 289 g/mol. The Morgan fingerprint density at radius 3 is 2.79 bits per heavy atom. The van der Waals surface area contributed by atoms with Crippen LogP contribution in [0.1, 0.15) is 18.9 Å². The maximum Gasteiger partial charge on any atom is 0.261 e. The van der Waals surface area contributed by atoms with Gasteiger partial charge in [-0.05, 0) is 55.6 Å². The number of hydrogen-bond acceptors (Lipinski definition) is 3. The van der Waals surface area contributed by atoms with E-state index < -0.39 is 14.9 Å². The van der Waals surface area contributed by atoms with E-state index >= 15 is 0 Å². The lowest BCUT2D eigenvalue weighted by molar-refractivity contribution is 0.341. The largest absolute Gasteiger partial charge is 0.303 e. The number of hydrogen-bond donors (Lipinski definition) is 0. The van der Waals surface area contributed by atoms with E-state index in [0.717, 1.165) is 32.1 Å². The molecule has 0 radical (unpaired) electrons. The summed E-state index contributed by atoms with van der Waals surface area (Å²) in [5.74, 6) is -0.0664. The molecule has 1 atom stereocenters. The Hall–Kier alpha value is -0.650. The minimum atomic E-state index is -3.82. The van der Waals surface area contributed by atoms with Crippen molar-refractivity contribution in [2.24, 2.45) is 5.92 Å². The van der Waals surface area contributed by atoms with E-state index in [1.54, 1.807) is 0 Å². The minimum Gasteiger partial charge on any atom is -0.303 e. The summed E-state index contributed by atoms with van der Waals surface area (Å²) in [6, 6.07) is 3.66. The van der Waals surface area contributed by atoms with Gasteiger partial charge in [0.15, 0.2) is 0 Å². The Morgan fingerprint density at radius 2 is 2.21 bits per heavy atom. The van der Waals surface area contributed by atoms with E-state index in [0.29, 0.717) is 17.9 Å². The van der Waals surface area contributed by atoms with Crippen molar-refractivity contribution in [3.63, 3.8) is 0 Å². The van der Waals surface area contributed by atoms with Gasteiger partial charge in [-0.15, -0.1) is 0 Å². The first-order chi connectivity index (χ1) is 8.90. The van der Waals surface area contributed by atoms with Gasteiger partial charge < -0.3 is 4.90 Å². The van der Waals surface area contributed by atoms with Crippen LogP contribution in [0.2, 0.25) is 0 Å². The van der Waals surface area contributed by atoms with Crippen molar-refractivity contribution < 1.29 is 12.8 Å². The summed E-state index contributed by atoms with van der Waals surface area (Å²) in [4.78, 5) is 2.34. The van der Waals surface area contributed by atoms with Crippen molar-refractivity contribution in [1.29, 1.82) is 0 Å². The summed E-state index contributed by atoms with van der Waals surface area (Å²) in [6.45, 7) is 5.02. The van der Waals surface area contributed by atoms with Crippen LogP contribution in [0.15, 0.2) is 23.1 Å². The van der Waals surface area contributed by atoms with Crippen LogP contribution in [0.25, 0.3) is 0 Å². The van der Waals surface area contributed by atoms with Gasteiger partial charge in [-0.2, -0.15) is 0 Å². The average Bonchev–Trinajstić information content (AvgIpc) is 2.75. The molecule has 0 N–H and O–H groups in total. The quantitative estimate of drug-likeness (QED) is 0.803. The molecule has 0 unspecified atom stereocenters. The van der Waals surface area contributed by atoms with E-state index in [1.807, 2.05) is 0 Å². The second-order valence-electron chi connectivity index (χ2n) is 4.94. The molecule has 0 aliphatic carbocycles. The van der Waals surface area contributed by atoms with E-state index in [-0.39, 0.29) is 4.90 Å². The van der Waals surface area contributed by atoms with Crippen molar-refractivity contribution in [1.82, 2.24) is 4.90 Å². The molecule has 0 spiro atoms. The molecule has 1 aliphatic rings. The van der Waals surface area contributed by atoms with Gasteiger partial charge in [0.1, 0.15) is 5.82 Å². The molecule has 6 heteroatoms. The summed E-state index contributed by atoms with van der Waals surface area (Å²) in [6.07, 6.45) is 1.56. The van der Waals surface area contributed by atoms with Crippen LogP contribution in [0, 0.1) is 11.7 Å². The molecule has 1 aliphatic heterocycles. The molecule has 2 rings (SSSR count). The zero-order chi connectivity index (χ0) is 14.0. The Labute approximate surface area is 117 Å². The second kappa shape index (κ2) is 5.77. The fourth-order valence-electron chi connectivity index (χ4n) is 2.62. The lowest BCUT2D eigenvalue weighted by Crippen LogP contribution is -2.20. The third kappa shape index (κ3) is 3.68. The maximum absolute atomic E-state index is 13.3. The van der Waals surface area contributed by atoms with Crippen LogP contribution in [0.5, 0.6) is 0 Å². The third-order valence-electron chi connectivity index (χ3n) is 3.61. The van der Waals surface area contributed by atoms with Crippen molar-refractivity contribution >= 4 is 19.7 Å². The van der Waals surface area contributed by atoms with Crippen molar-refractivity contribution in [2.75, 3.05) is 19.6 Å². The predicted molar refractivity (Wildman–Crippen MR) is 73.4 cm³/mol. The van der Waals surface area contributed by atoms with Crippen LogP contribution >= 0.6 is 10.7 Å². The molecule has 0 aromatic heterocycles. The number of likely N-dealkylation sites (tertiary alicyclic amines) is 1. The number of nitrogens with zero attached hydrogens (tertiary/aromatic N) is 1. The molecule has 1 heterocycles. The highest BCUT2D eigenvalue weighted by molar-refractivity contribution is 8.13. The van der Waals surface area contributed by atoms with E-state index in [1.165, 1.54) is 12.1 Å². The topological polar surface area (TPSA) is 37.4 Å². The van der Waals surface area contributed by atoms with Crippen molar-refractivity contribution in [3.05, 3.63) is 29.6 Å². The van der Waals surface area contributed by atoms with Gasteiger partial charge in [-0.3, -0.25) is 0 Å². The number of benzene rings is 1. The van der Waals surface area contributed by atoms with Gasteiger partial charge in [-0.25, -0.2) is 12.8 Å². The Balaban J connectivity index is 2.22. The normalized spacial score (nSPS) is 20.9. The summed E-state index contributed by atoms with van der Waals surface area (Å²) >= 11 is 0. The van der Waals surface area contributed by atoms with Crippen molar-refractivity contribution in [2.45, 2.75) is 24.7 Å². The molecule has 1 aromatic rings. The Morgan fingerprint density at radius 1 is 1.47 bits per heavy atom. The Kier molecular flexibility index (Phi) is 4.48.